The van der Waals surface area contributed by atoms with E-state index < -0.39 is 6.09 Å². The Kier molecular flexibility index (Phi) is 7.67. The van der Waals surface area contributed by atoms with Gasteiger partial charge >= 0.3 is 6.09 Å². The van der Waals surface area contributed by atoms with Crippen LogP contribution >= 0.6 is 0 Å². The SMILES string of the molecule is Nc1ccccc1NC(=O)c1ccc(NC(=O)OCc2ccc([C@@H]3C[C@H]3NC3CCOCC3)cc2)cc1. The summed E-state index contributed by atoms with van der Waals surface area (Å²) in [6.45, 7) is 1.88. The average Bonchev–Trinajstić information content (AvgIpc) is 3.69. The second-order valence-electron chi connectivity index (χ2n) is 9.56. The summed E-state index contributed by atoms with van der Waals surface area (Å²) in [5.74, 6) is 0.267. The van der Waals surface area contributed by atoms with Crippen LogP contribution in [-0.2, 0) is 16.1 Å². The summed E-state index contributed by atoms with van der Waals surface area (Å²) < 4.78 is 10.8. The molecule has 1 aliphatic carbocycles. The van der Waals surface area contributed by atoms with Crippen LogP contribution in [0.4, 0.5) is 21.9 Å². The van der Waals surface area contributed by atoms with Crippen molar-refractivity contribution in [1.29, 1.82) is 0 Å². The number of hydrogen-bond donors (Lipinski definition) is 4. The summed E-state index contributed by atoms with van der Waals surface area (Å²) in [4.78, 5) is 24.7. The maximum atomic E-state index is 12.4. The molecule has 1 heterocycles. The highest BCUT2D eigenvalue weighted by Crippen LogP contribution is 2.41. The molecule has 192 valence electrons. The molecule has 0 bridgehead atoms. The van der Waals surface area contributed by atoms with Gasteiger partial charge in [0.25, 0.3) is 5.91 Å². The Balaban J connectivity index is 1.05. The Morgan fingerprint density at radius 2 is 1.65 bits per heavy atom. The van der Waals surface area contributed by atoms with Gasteiger partial charge < -0.3 is 25.8 Å². The van der Waals surface area contributed by atoms with Crippen molar-refractivity contribution in [3.63, 3.8) is 0 Å². The second-order valence-corrected chi connectivity index (χ2v) is 9.56. The fraction of sp³-hybridized carbons (Fsp3) is 0.310. The number of nitrogens with one attached hydrogen (secondary N) is 3. The van der Waals surface area contributed by atoms with E-state index in [9.17, 15) is 9.59 Å². The summed E-state index contributed by atoms with van der Waals surface area (Å²) in [5.41, 5.74) is 10.1. The molecule has 0 spiro atoms. The molecule has 2 fully saturated rings. The molecule has 1 saturated heterocycles. The van der Waals surface area contributed by atoms with Gasteiger partial charge in [0.05, 0.1) is 11.4 Å². The van der Waals surface area contributed by atoms with E-state index in [1.54, 1.807) is 48.5 Å². The van der Waals surface area contributed by atoms with Crippen molar-refractivity contribution in [1.82, 2.24) is 5.32 Å². The van der Waals surface area contributed by atoms with Crippen molar-refractivity contribution in [2.75, 3.05) is 29.6 Å². The molecule has 0 unspecified atom stereocenters. The Morgan fingerprint density at radius 1 is 0.919 bits per heavy atom. The lowest BCUT2D eigenvalue weighted by molar-refractivity contribution is 0.0774. The van der Waals surface area contributed by atoms with Crippen LogP contribution in [-0.4, -0.2) is 37.3 Å². The number of anilines is 3. The number of benzene rings is 3. The molecule has 2 atom stereocenters. The Morgan fingerprint density at radius 3 is 2.38 bits per heavy atom. The maximum Gasteiger partial charge on any atom is 0.411 e. The highest BCUT2D eigenvalue weighted by Gasteiger charge is 2.39. The van der Waals surface area contributed by atoms with E-state index in [0.717, 1.165) is 38.0 Å². The maximum absolute atomic E-state index is 12.4. The lowest BCUT2D eigenvalue weighted by atomic mass is 10.1. The minimum atomic E-state index is -0.554. The van der Waals surface area contributed by atoms with Gasteiger partial charge in [-0.05, 0) is 66.8 Å². The van der Waals surface area contributed by atoms with Gasteiger partial charge in [-0.1, -0.05) is 36.4 Å². The number of nitrogen functional groups attached to an aromatic ring is 1. The third-order valence-corrected chi connectivity index (χ3v) is 6.84. The average molecular weight is 501 g/mol. The molecule has 2 aliphatic rings. The number of carbonyl (C=O) groups excluding carboxylic acids is 2. The first-order valence-electron chi connectivity index (χ1n) is 12.7. The summed E-state index contributed by atoms with van der Waals surface area (Å²) in [7, 11) is 0. The number of nitrogens with two attached hydrogens (primary N) is 1. The van der Waals surface area contributed by atoms with Crippen LogP contribution in [0, 0.1) is 0 Å². The quantitative estimate of drug-likeness (QED) is 0.327. The number of carbonyl (C=O) groups is 2. The topological polar surface area (TPSA) is 115 Å². The van der Waals surface area contributed by atoms with Gasteiger partial charge in [0, 0.05) is 42.5 Å². The number of hydrogen-bond acceptors (Lipinski definition) is 6. The predicted octanol–water partition coefficient (Wildman–Crippen LogP) is 4.89. The molecule has 3 aromatic rings. The van der Waals surface area contributed by atoms with E-state index in [-0.39, 0.29) is 12.5 Å². The third kappa shape index (κ3) is 6.67. The highest BCUT2D eigenvalue weighted by molar-refractivity contribution is 6.06. The first-order valence-corrected chi connectivity index (χ1v) is 12.7. The highest BCUT2D eigenvalue weighted by atomic mass is 16.5. The Hall–Kier alpha value is -3.88. The van der Waals surface area contributed by atoms with E-state index in [0.29, 0.717) is 40.6 Å². The zero-order valence-electron chi connectivity index (χ0n) is 20.6. The van der Waals surface area contributed by atoms with E-state index in [1.165, 1.54) is 5.56 Å². The fourth-order valence-corrected chi connectivity index (χ4v) is 4.59. The molecule has 0 aromatic heterocycles. The van der Waals surface area contributed by atoms with Crippen LogP contribution in [0.3, 0.4) is 0 Å². The van der Waals surface area contributed by atoms with Gasteiger partial charge in [0.2, 0.25) is 0 Å². The molecular weight excluding hydrogens is 468 g/mol. The molecule has 5 rings (SSSR count). The molecule has 5 N–H and O–H groups in total. The largest absolute Gasteiger partial charge is 0.444 e. The van der Waals surface area contributed by atoms with Crippen LogP contribution < -0.4 is 21.7 Å². The number of amides is 2. The van der Waals surface area contributed by atoms with Crippen molar-refractivity contribution in [2.45, 2.75) is 43.9 Å². The van der Waals surface area contributed by atoms with E-state index >= 15 is 0 Å². The van der Waals surface area contributed by atoms with Gasteiger partial charge in [-0.15, -0.1) is 0 Å². The van der Waals surface area contributed by atoms with Crippen LogP contribution in [0.2, 0.25) is 0 Å². The van der Waals surface area contributed by atoms with E-state index in [1.807, 2.05) is 12.1 Å². The zero-order valence-corrected chi connectivity index (χ0v) is 20.6. The molecule has 0 radical (unpaired) electrons. The molecule has 1 aliphatic heterocycles. The lowest BCUT2D eigenvalue weighted by Crippen LogP contribution is -2.36. The van der Waals surface area contributed by atoms with Crippen molar-refractivity contribution >= 4 is 29.1 Å². The van der Waals surface area contributed by atoms with Crippen molar-refractivity contribution in [2.24, 2.45) is 0 Å². The van der Waals surface area contributed by atoms with Gasteiger partial charge in [-0.2, -0.15) is 0 Å². The van der Waals surface area contributed by atoms with Gasteiger partial charge in [0.15, 0.2) is 0 Å². The van der Waals surface area contributed by atoms with Gasteiger partial charge in [0.1, 0.15) is 6.61 Å². The van der Waals surface area contributed by atoms with Gasteiger partial charge in [-0.25, -0.2) is 4.79 Å². The predicted molar refractivity (Wildman–Crippen MR) is 144 cm³/mol. The molecule has 8 heteroatoms. The minimum absolute atomic E-state index is 0.180. The Bertz CT molecular complexity index is 1220. The van der Waals surface area contributed by atoms with E-state index in [4.69, 9.17) is 15.2 Å². The van der Waals surface area contributed by atoms with Crippen LogP contribution in [0.25, 0.3) is 0 Å². The number of ether oxygens (including phenoxy) is 2. The summed E-state index contributed by atoms with van der Waals surface area (Å²) >= 11 is 0. The first kappa shape index (κ1) is 24.8. The standard InChI is InChI=1S/C29H32N4O4/c30-25-3-1-2-4-26(25)33-28(34)21-9-11-22(12-10-21)32-29(35)37-18-19-5-7-20(8-6-19)24-17-27(24)31-23-13-15-36-16-14-23/h1-12,23-24,27,31H,13-18,30H2,(H,32,35)(H,33,34)/t24-,27+/m0/s1. The molecule has 1 saturated carbocycles. The smallest absolute Gasteiger partial charge is 0.411 e. The van der Waals surface area contributed by atoms with Crippen molar-refractivity contribution in [3.05, 3.63) is 89.5 Å². The van der Waals surface area contributed by atoms with E-state index in [2.05, 4.69) is 28.1 Å². The molecule has 8 nitrogen and oxygen atoms in total. The molecule has 37 heavy (non-hydrogen) atoms. The van der Waals surface area contributed by atoms with Crippen molar-refractivity contribution in [3.8, 4) is 0 Å². The third-order valence-electron chi connectivity index (χ3n) is 6.84. The molecular formula is C29H32N4O4. The Labute approximate surface area is 216 Å². The van der Waals surface area contributed by atoms with Crippen LogP contribution in [0.15, 0.2) is 72.8 Å². The number of para-hydroxylation sites is 2. The molecule has 2 amide bonds. The second kappa shape index (κ2) is 11.5. The lowest BCUT2D eigenvalue weighted by Gasteiger charge is -2.23. The minimum Gasteiger partial charge on any atom is -0.444 e. The zero-order chi connectivity index (χ0) is 25.6. The normalized spacial score (nSPS) is 19.1. The fourth-order valence-electron chi connectivity index (χ4n) is 4.59. The monoisotopic (exact) mass is 500 g/mol. The summed E-state index contributed by atoms with van der Waals surface area (Å²) in [6, 6.07) is 23.0. The van der Waals surface area contributed by atoms with Crippen LogP contribution in [0.5, 0.6) is 0 Å². The van der Waals surface area contributed by atoms with Crippen LogP contribution in [0.1, 0.15) is 46.7 Å². The first-order chi connectivity index (χ1) is 18.0. The number of rotatable bonds is 8. The van der Waals surface area contributed by atoms with Gasteiger partial charge in [-0.3, -0.25) is 10.1 Å². The molecule has 3 aromatic carbocycles. The summed E-state index contributed by atoms with van der Waals surface area (Å²) in [5, 5.41) is 9.22. The van der Waals surface area contributed by atoms with Crippen molar-refractivity contribution < 1.29 is 19.1 Å². The summed E-state index contributed by atoms with van der Waals surface area (Å²) in [6.07, 6.45) is 2.78.